The Morgan fingerprint density at radius 1 is 0.920 bits per heavy atom. The van der Waals surface area contributed by atoms with E-state index >= 15 is 0 Å². The first kappa shape index (κ1) is 24.2. The number of Topliss-reactive ketones (excluding diaryl/α,β-unsaturated/α-hetero) is 1. The third-order valence-corrected chi connectivity index (χ3v) is 5.86. The molecule has 2 fully saturated rings. The molecule has 2 rings (SSSR count). The number of unbranched alkanes of at least 4 members (excludes halogenated alkanes) is 2. The van der Waals surface area contributed by atoms with Gasteiger partial charge in [-0.25, -0.2) is 0 Å². The van der Waals surface area contributed by atoms with Crippen LogP contribution in [0.15, 0.2) is 0 Å². The zero-order valence-electron chi connectivity index (χ0n) is 17.0. The van der Waals surface area contributed by atoms with E-state index in [0.29, 0.717) is 11.7 Å². The van der Waals surface area contributed by atoms with E-state index in [1.807, 2.05) is 0 Å². The fourth-order valence-electron chi connectivity index (χ4n) is 4.34. The van der Waals surface area contributed by atoms with Gasteiger partial charge in [0.1, 0.15) is 5.78 Å². The molecule has 2 aliphatic rings. The highest BCUT2D eigenvalue weighted by Crippen LogP contribution is 2.37. The van der Waals surface area contributed by atoms with Gasteiger partial charge in [0.05, 0.1) is 0 Å². The molecular formula is C23H43NO. The van der Waals surface area contributed by atoms with Crippen LogP contribution in [-0.2, 0) is 4.79 Å². The molecule has 2 heteroatoms. The summed E-state index contributed by atoms with van der Waals surface area (Å²) >= 11 is 0. The second kappa shape index (κ2) is 15.4. The van der Waals surface area contributed by atoms with Crippen molar-refractivity contribution >= 4 is 5.78 Å². The Labute approximate surface area is 157 Å². The summed E-state index contributed by atoms with van der Waals surface area (Å²) in [5.41, 5.74) is 0. The molecule has 0 spiro atoms. The summed E-state index contributed by atoms with van der Waals surface area (Å²) in [5, 5.41) is 0. The second-order valence-electron chi connectivity index (χ2n) is 7.98. The van der Waals surface area contributed by atoms with Gasteiger partial charge >= 0.3 is 0 Å². The van der Waals surface area contributed by atoms with Crippen LogP contribution in [0.5, 0.6) is 0 Å². The van der Waals surface area contributed by atoms with E-state index in [1.165, 1.54) is 77.0 Å². The van der Waals surface area contributed by atoms with Gasteiger partial charge in [0, 0.05) is 18.8 Å². The zero-order valence-corrected chi connectivity index (χ0v) is 17.0. The van der Waals surface area contributed by atoms with E-state index in [0.717, 1.165) is 31.1 Å². The Balaban J connectivity index is 0.000000715. The second-order valence-corrected chi connectivity index (χ2v) is 7.98. The Morgan fingerprint density at radius 2 is 1.52 bits per heavy atom. The normalized spacial score (nSPS) is 23.6. The Hall–Kier alpha value is -0.810. The molecule has 0 atom stereocenters. The van der Waals surface area contributed by atoms with E-state index < -0.39 is 0 Å². The Bertz CT molecular complexity index is 357. The van der Waals surface area contributed by atoms with Crippen LogP contribution in [0, 0.1) is 30.1 Å². The number of ketones is 1. The van der Waals surface area contributed by atoms with Crippen molar-refractivity contribution in [2.75, 3.05) is 0 Å². The molecule has 2 nitrogen and oxygen atoms in total. The van der Waals surface area contributed by atoms with Gasteiger partial charge in [-0.3, -0.25) is 4.79 Å². The zero-order chi connectivity index (χ0) is 17.6. The molecule has 0 aromatic heterocycles. The van der Waals surface area contributed by atoms with Gasteiger partial charge in [-0.1, -0.05) is 52.4 Å². The maximum absolute atomic E-state index is 11.9. The first-order valence-corrected chi connectivity index (χ1v) is 10.7. The van der Waals surface area contributed by atoms with Crippen LogP contribution < -0.4 is 6.15 Å². The minimum Gasteiger partial charge on any atom is -0.344 e. The van der Waals surface area contributed by atoms with Gasteiger partial charge in [-0.2, -0.15) is 0 Å². The molecule has 3 N–H and O–H groups in total. The van der Waals surface area contributed by atoms with Crippen LogP contribution >= 0.6 is 0 Å². The molecule has 146 valence electrons. The summed E-state index contributed by atoms with van der Waals surface area (Å²) in [4.78, 5) is 11.9. The molecule has 0 aromatic rings. The summed E-state index contributed by atoms with van der Waals surface area (Å²) in [7, 11) is 0. The third kappa shape index (κ3) is 10.7. The van der Waals surface area contributed by atoms with Crippen LogP contribution in [0.4, 0.5) is 0 Å². The Kier molecular flexibility index (Phi) is 14.9. The average Bonchev–Trinajstić information content (AvgIpc) is 2.62. The summed E-state index contributed by atoms with van der Waals surface area (Å²) in [5.74, 6) is 5.51. The molecule has 0 aliphatic heterocycles. The lowest BCUT2D eigenvalue weighted by Gasteiger charge is -2.31. The number of carbonyl (C=O) groups is 1. The maximum Gasteiger partial charge on any atom is 0.135 e. The molecule has 2 aliphatic carbocycles. The molecule has 25 heavy (non-hydrogen) atoms. The summed E-state index contributed by atoms with van der Waals surface area (Å²) in [6.07, 6.45) is 24.0. The highest BCUT2D eigenvalue weighted by Gasteiger charge is 2.27. The third-order valence-electron chi connectivity index (χ3n) is 5.86. The van der Waals surface area contributed by atoms with Crippen molar-refractivity contribution in [3.63, 3.8) is 0 Å². The standard InChI is InChI=1S/C17H30O.C6H10.H3N/c1-2-6-17(18)16-11-9-15(10-12-16)13-14-7-4-3-5-8-14;1-3-5-6-4-2;/h14-16H,2-13H2,1H3;1H,4-6H2,2H3;1H3. The summed E-state index contributed by atoms with van der Waals surface area (Å²) in [6.45, 7) is 4.25. The van der Waals surface area contributed by atoms with Crippen molar-refractivity contribution in [1.82, 2.24) is 6.15 Å². The van der Waals surface area contributed by atoms with Crippen molar-refractivity contribution in [2.45, 2.75) is 110 Å². The number of hydrogen-bond acceptors (Lipinski definition) is 2. The molecule has 2 saturated carbocycles. The lowest BCUT2D eigenvalue weighted by atomic mass is 9.74. The topological polar surface area (TPSA) is 52.1 Å². The summed E-state index contributed by atoms with van der Waals surface area (Å²) in [6, 6.07) is 0. The smallest absolute Gasteiger partial charge is 0.135 e. The number of rotatable bonds is 7. The quantitative estimate of drug-likeness (QED) is 0.393. The van der Waals surface area contributed by atoms with Gasteiger partial charge in [-0.05, 0) is 56.8 Å². The van der Waals surface area contributed by atoms with Crippen LogP contribution in [-0.4, -0.2) is 5.78 Å². The first-order valence-electron chi connectivity index (χ1n) is 10.7. The average molecular weight is 350 g/mol. The fourth-order valence-corrected chi connectivity index (χ4v) is 4.34. The van der Waals surface area contributed by atoms with E-state index in [4.69, 9.17) is 6.42 Å². The predicted octanol–water partition coefficient (Wildman–Crippen LogP) is 7.10. The van der Waals surface area contributed by atoms with Crippen molar-refractivity contribution < 1.29 is 4.79 Å². The van der Waals surface area contributed by atoms with Crippen LogP contribution in [0.3, 0.4) is 0 Å². The van der Waals surface area contributed by atoms with Crippen molar-refractivity contribution in [3.8, 4) is 12.3 Å². The van der Waals surface area contributed by atoms with Gasteiger partial charge in [0.2, 0.25) is 0 Å². The molecule has 0 bridgehead atoms. The van der Waals surface area contributed by atoms with E-state index in [-0.39, 0.29) is 6.15 Å². The molecule has 0 aromatic carbocycles. The van der Waals surface area contributed by atoms with Crippen molar-refractivity contribution in [1.29, 1.82) is 0 Å². The number of carbonyl (C=O) groups excluding carboxylic acids is 1. The predicted molar refractivity (Wildman–Crippen MR) is 110 cm³/mol. The highest BCUT2D eigenvalue weighted by atomic mass is 16.1. The van der Waals surface area contributed by atoms with E-state index in [9.17, 15) is 4.79 Å². The van der Waals surface area contributed by atoms with E-state index in [2.05, 4.69) is 19.8 Å². The minimum atomic E-state index is 0. The molecule has 0 unspecified atom stereocenters. The van der Waals surface area contributed by atoms with Crippen LogP contribution in [0.1, 0.15) is 110 Å². The maximum atomic E-state index is 11.9. The lowest BCUT2D eigenvalue weighted by molar-refractivity contribution is -0.124. The van der Waals surface area contributed by atoms with E-state index in [1.54, 1.807) is 0 Å². The monoisotopic (exact) mass is 349 g/mol. The van der Waals surface area contributed by atoms with Gasteiger partial charge in [0.15, 0.2) is 0 Å². The van der Waals surface area contributed by atoms with Crippen LogP contribution in [0.25, 0.3) is 0 Å². The van der Waals surface area contributed by atoms with Gasteiger partial charge in [-0.15, -0.1) is 12.3 Å². The van der Waals surface area contributed by atoms with Gasteiger partial charge < -0.3 is 6.15 Å². The molecule has 0 saturated heterocycles. The van der Waals surface area contributed by atoms with Gasteiger partial charge in [0.25, 0.3) is 0 Å². The van der Waals surface area contributed by atoms with Crippen LogP contribution in [0.2, 0.25) is 0 Å². The number of terminal acetylenes is 1. The minimum absolute atomic E-state index is 0. The Morgan fingerprint density at radius 3 is 2.00 bits per heavy atom. The summed E-state index contributed by atoms with van der Waals surface area (Å²) < 4.78 is 0. The highest BCUT2D eigenvalue weighted by molar-refractivity contribution is 5.80. The largest absolute Gasteiger partial charge is 0.344 e. The SMILES string of the molecule is C#CCCCC.CCCC(=O)C1CCC(CC2CCCCC2)CC1.N. The molecule has 0 radical (unpaired) electrons. The van der Waals surface area contributed by atoms with Crippen molar-refractivity contribution in [3.05, 3.63) is 0 Å². The number of hydrogen-bond donors (Lipinski definition) is 1. The van der Waals surface area contributed by atoms with Crippen molar-refractivity contribution in [2.24, 2.45) is 17.8 Å². The lowest BCUT2D eigenvalue weighted by Crippen LogP contribution is -2.23. The fraction of sp³-hybridized carbons (Fsp3) is 0.870. The first-order chi connectivity index (χ1) is 11.7. The molecular weight excluding hydrogens is 306 g/mol. The molecule has 0 amide bonds. The molecule has 0 heterocycles.